The van der Waals surface area contributed by atoms with Gasteiger partial charge in [-0.3, -0.25) is 0 Å². The van der Waals surface area contributed by atoms with Crippen LogP contribution in [0.2, 0.25) is 0 Å². The maximum absolute atomic E-state index is 2.43. The Bertz CT molecular complexity index is 2610. The van der Waals surface area contributed by atoms with E-state index in [-0.39, 0.29) is 0 Å². The molecule has 0 fully saturated rings. The van der Waals surface area contributed by atoms with Gasteiger partial charge in [0, 0.05) is 16.9 Å². The minimum Gasteiger partial charge on any atom is -0.310 e. The molecule has 49 heavy (non-hydrogen) atoms. The van der Waals surface area contributed by atoms with Gasteiger partial charge in [-0.25, -0.2) is 0 Å². The Morgan fingerprint density at radius 2 is 0.796 bits per heavy atom. The Hall–Kier alpha value is -6.44. The number of fused-ring (bicyclic) bond motifs is 4. The zero-order valence-electron chi connectivity index (χ0n) is 27.0. The van der Waals surface area contributed by atoms with Crippen molar-refractivity contribution in [3.8, 4) is 33.4 Å². The average Bonchev–Trinajstić information content (AvgIpc) is 3.18. The number of anilines is 3. The van der Waals surface area contributed by atoms with Crippen LogP contribution in [0, 0.1) is 0 Å². The number of para-hydroxylation sites is 1. The molecule has 9 aromatic carbocycles. The van der Waals surface area contributed by atoms with Gasteiger partial charge in [0.05, 0.1) is 5.69 Å². The summed E-state index contributed by atoms with van der Waals surface area (Å²) in [5.74, 6) is 0. The second kappa shape index (κ2) is 12.3. The van der Waals surface area contributed by atoms with Gasteiger partial charge in [-0.2, -0.15) is 0 Å². The van der Waals surface area contributed by atoms with Gasteiger partial charge in [-0.15, -0.1) is 0 Å². The van der Waals surface area contributed by atoms with Gasteiger partial charge in [-0.1, -0.05) is 164 Å². The van der Waals surface area contributed by atoms with Gasteiger partial charge in [0.2, 0.25) is 0 Å². The summed E-state index contributed by atoms with van der Waals surface area (Å²) in [4.78, 5) is 2.43. The normalized spacial score (nSPS) is 11.3. The number of hydrogen-bond donors (Lipinski definition) is 0. The standard InChI is InChI=1S/C48H33N/c1-2-15-34(16-3-1)36-20-12-22-39(31-36)49(48-30-11-10-28-46(48)44-29-14-19-35-17-4-6-24-41(35)44)40-23-13-21-37(32-40)47-33-38-18-5-7-25-42(38)43-26-8-9-27-45(43)47/h1-33H. The van der Waals surface area contributed by atoms with Crippen molar-refractivity contribution in [2.75, 3.05) is 4.90 Å². The van der Waals surface area contributed by atoms with Crippen LogP contribution >= 0.6 is 0 Å². The van der Waals surface area contributed by atoms with E-state index in [4.69, 9.17) is 0 Å². The molecular formula is C48H33N. The lowest BCUT2D eigenvalue weighted by Gasteiger charge is -2.29. The summed E-state index contributed by atoms with van der Waals surface area (Å²) in [7, 11) is 0. The summed E-state index contributed by atoms with van der Waals surface area (Å²) in [6.45, 7) is 0. The third-order valence-electron chi connectivity index (χ3n) is 9.62. The molecule has 0 heterocycles. The highest BCUT2D eigenvalue weighted by atomic mass is 15.1. The summed E-state index contributed by atoms with van der Waals surface area (Å²) in [5, 5.41) is 7.53. The molecule has 0 aromatic heterocycles. The second-order valence-electron chi connectivity index (χ2n) is 12.5. The van der Waals surface area contributed by atoms with E-state index >= 15 is 0 Å². The van der Waals surface area contributed by atoms with E-state index in [1.54, 1.807) is 0 Å². The molecule has 1 heteroatoms. The highest BCUT2D eigenvalue weighted by molar-refractivity contribution is 6.14. The first-order valence-corrected chi connectivity index (χ1v) is 16.9. The molecule has 0 radical (unpaired) electrons. The molecule has 0 unspecified atom stereocenters. The van der Waals surface area contributed by atoms with Gasteiger partial charge in [0.25, 0.3) is 0 Å². The maximum Gasteiger partial charge on any atom is 0.0540 e. The average molecular weight is 624 g/mol. The fourth-order valence-corrected chi connectivity index (χ4v) is 7.34. The number of rotatable bonds is 6. The van der Waals surface area contributed by atoms with Crippen LogP contribution in [0.15, 0.2) is 200 Å². The summed E-state index contributed by atoms with van der Waals surface area (Å²) in [5.41, 5.74) is 10.5. The maximum atomic E-state index is 2.43. The molecule has 0 bridgehead atoms. The summed E-state index contributed by atoms with van der Waals surface area (Å²) < 4.78 is 0. The lowest BCUT2D eigenvalue weighted by molar-refractivity contribution is 1.28. The van der Waals surface area contributed by atoms with Crippen molar-refractivity contribution < 1.29 is 0 Å². The Morgan fingerprint density at radius 3 is 1.61 bits per heavy atom. The lowest BCUT2D eigenvalue weighted by Crippen LogP contribution is -2.11. The van der Waals surface area contributed by atoms with Gasteiger partial charge in [0.1, 0.15) is 0 Å². The van der Waals surface area contributed by atoms with E-state index in [9.17, 15) is 0 Å². The van der Waals surface area contributed by atoms with E-state index in [2.05, 4.69) is 205 Å². The van der Waals surface area contributed by atoms with E-state index in [1.165, 1.54) is 65.7 Å². The van der Waals surface area contributed by atoms with E-state index in [1.807, 2.05) is 0 Å². The minimum absolute atomic E-state index is 1.10. The molecule has 0 saturated carbocycles. The smallest absolute Gasteiger partial charge is 0.0540 e. The van der Waals surface area contributed by atoms with Crippen molar-refractivity contribution in [3.63, 3.8) is 0 Å². The summed E-state index contributed by atoms with van der Waals surface area (Å²) in [6.07, 6.45) is 0. The van der Waals surface area contributed by atoms with E-state index in [0.29, 0.717) is 0 Å². The topological polar surface area (TPSA) is 3.24 Å². The lowest BCUT2D eigenvalue weighted by atomic mass is 9.92. The van der Waals surface area contributed by atoms with Crippen LogP contribution < -0.4 is 4.90 Å². The van der Waals surface area contributed by atoms with Gasteiger partial charge in [-0.05, 0) is 96.5 Å². The van der Waals surface area contributed by atoms with Crippen LogP contribution in [-0.4, -0.2) is 0 Å². The molecule has 230 valence electrons. The molecule has 9 aromatic rings. The molecule has 0 spiro atoms. The molecule has 0 amide bonds. The van der Waals surface area contributed by atoms with Gasteiger partial charge < -0.3 is 4.90 Å². The third kappa shape index (κ3) is 5.23. The van der Waals surface area contributed by atoms with Crippen molar-refractivity contribution in [2.45, 2.75) is 0 Å². The molecule has 0 saturated heterocycles. The Balaban J connectivity index is 1.29. The van der Waals surface area contributed by atoms with Crippen molar-refractivity contribution in [1.82, 2.24) is 0 Å². The van der Waals surface area contributed by atoms with Crippen LogP contribution in [0.4, 0.5) is 17.1 Å². The highest BCUT2D eigenvalue weighted by Gasteiger charge is 2.20. The predicted octanol–water partition coefficient (Wildman–Crippen LogP) is 13.6. The Labute approximate surface area is 287 Å². The largest absolute Gasteiger partial charge is 0.310 e. The number of benzene rings is 9. The van der Waals surface area contributed by atoms with Crippen molar-refractivity contribution in [1.29, 1.82) is 0 Å². The fourth-order valence-electron chi connectivity index (χ4n) is 7.34. The van der Waals surface area contributed by atoms with Crippen LogP contribution in [0.25, 0.3) is 65.7 Å². The molecule has 9 rings (SSSR count). The first-order chi connectivity index (χ1) is 24.3. The van der Waals surface area contributed by atoms with E-state index < -0.39 is 0 Å². The predicted molar refractivity (Wildman–Crippen MR) is 210 cm³/mol. The first-order valence-electron chi connectivity index (χ1n) is 16.9. The van der Waals surface area contributed by atoms with Crippen molar-refractivity contribution >= 4 is 49.4 Å². The van der Waals surface area contributed by atoms with Crippen LogP contribution in [-0.2, 0) is 0 Å². The zero-order valence-corrected chi connectivity index (χ0v) is 27.0. The SMILES string of the molecule is c1ccc(-c2cccc(N(c3cccc(-c4cc5ccccc5c5ccccc45)c3)c3ccccc3-c3cccc4ccccc34)c2)cc1. The monoisotopic (exact) mass is 623 g/mol. The molecule has 0 N–H and O–H groups in total. The van der Waals surface area contributed by atoms with E-state index in [0.717, 1.165) is 17.1 Å². The van der Waals surface area contributed by atoms with Crippen molar-refractivity contribution in [3.05, 3.63) is 200 Å². The number of nitrogens with zero attached hydrogens (tertiary/aromatic N) is 1. The third-order valence-corrected chi connectivity index (χ3v) is 9.62. The summed E-state index contributed by atoms with van der Waals surface area (Å²) in [6, 6.07) is 72.5. The highest BCUT2D eigenvalue weighted by Crippen LogP contribution is 2.45. The molecular weight excluding hydrogens is 591 g/mol. The Kier molecular flexibility index (Phi) is 7.22. The minimum atomic E-state index is 1.10. The van der Waals surface area contributed by atoms with Crippen LogP contribution in [0.5, 0.6) is 0 Å². The van der Waals surface area contributed by atoms with Gasteiger partial charge >= 0.3 is 0 Å². The second-order valence-corrected chi connectivity index (χ2v) is 12.5. The Morgan fingerprint density at radius 1 is 0.265 bits per heavy atom. The molecule has 1 nitrogen and oxygen atoms in total. The number of hydrogen-bond acceptors (Lipinski definition) is 1. The fraction of sp³-hybridized carbons (Fsp3) is 0. The molecule has 0 aliphatic heterocycles. The van der Waals surface area contributed by atoms with Gasteiger partial charge in [0.15, 0.2) is 0 Å². The zero-order chi connectivity index (χ0) is 32.6. The first kappa shape index (κ1) is 28.8. The molecule has 0 aliphatic rings. The summed E-state index contributed by atoms with van der Waals surface area (Å²) >= 11 is 0. The molecule has 0 aliphatic carbocycles. The van der Waals surface area contributed by atoms with Crippen molar-refractivity contribution in [2.24, 2.45) is 0 Å². The quantitative estimate of drug-likeness (QED) is 0.167. The van der Waals surface area contributed by atoms with Crippen LogP contribution in [0.1, 0.15) is 0 Å². The van der Waals surface area contributed by atoms with Crippen LogP contribution in [0.3, 0.4) is 0 Å². The molecule has 0 atom stereocenters.